The van der Waals surface area contributed by atoms with Gasteiger partial charge in [-0.2, -0.15) is 10.2 Å². The van der Waals surface area contributed by atoms with E-state index in [0.29, 0.717) is 30.2 Å². The summed E-state index contributed by atoms with van der Waals surface area (Å²) in [6.07, 6.45) is 3.29. The maximum atomic E-state index is 12.6. The van der Waals surface area contributed by atoms with E-state index in [1.807, 2.05) is 18.7 Å². The Hall–Kier alpha value is -2.62. The number of aromatic nitrogens is 3. The molecule has 7 heteroatoms. The van der Waals surface area contributed by atoms with Gasteiger partial charge >= 0.3 is 0 Å². The van der Waals surface area contributed by atoms with Gasteiger partial charge in [0.15, 0.2) is 5.82 Å². The molecule has 0 atom stereocenters. The number of aryl methyl sites for hydroxylation is 1. The van der Waals surface area contributed by atoms with Gasteiger partial charge in [-0.25, -0.2) is 0 Å². The number of amides is 1. The second kappa shape index (κ2) is 6.48. The molecule has 1 saturated heterocycles. The molecule has 3 rings (SSSR count). The minimum absolute atomic E-state index is 0.0363. The van der Waals surface area contributed by atoms with Crippen LogP contribution in [-0.4, -0.2) is 38.6 Å². The van der Waals surface area contributed by atoms with Crippen molar-refractivity contribution in [3.8, 4) is 6.07 Å². The molecule has 1 amide bonds. The molecule has 0 bridgehead atoms. The van der Waals surface area contributed by atoms with Crippen LogP contribution in [0.5, 0.6) is 0 Å². The van der Waals surface area contributed by atoms with E-state index in [1.54, 1.807) is 23.9 Å². The summed E-state index contributed by atoms with van der Waals surface area (Å²) in [6.45, 7) is 5.36. The largest absolute Gasteiger partial charge is 0.345 e. The van der Waals surface area contributed by atoms with Gasteiger partial charge < -0.3 is 14.0 Å². The fourth-order valence-corrected chi connectivity index (χ4v) is 2.98. The monoisotopic (exact) mass is 327 g/mol. The molecule has 126 valence electrons. The fourth-order valence-electron chi connectivity index (χ4n) is 2.98. The molecule has 0 radical (unpaired) electrons. The first-order chi connectivity index (χ1) is 11.5. The van der Waals surface area contributed by atoms with Gasteiger partial charge in [-0.05, 0) is 18.9 Å². The second-order valence-electron chi connectivity index (χ2n) is 6.55. The molecule has 2 aromatic heterocycles. The zero-order chi connectivity index (χ0) is 17.3. The number of nitriles is 1. The minimum atomic E-state index is -0.0363. The summed E-state index contributed by atoms with van der Waals surface area (Å²) in [6, 6.07) is 3.71. The topological polar surface area (TPSA) is 88.0 Å². The van der Waals surface area contributed by atoms with Gasteiger partial charge in [-0.15, -0.1) is 0 Å². The quantitative estimate of drug-likeness (QED) is 0.864. The summed E-state index contributed by atoms with van der Waals surface area (Å²) in [5, 5.41) is 13.0. The van der Waals surface area contributed by atoms with Crippen molar-refractivity contribution in [2.45, 2.75) is 38.5 Å². The molecule has 24 heavy (non-hydrogen) atoms. The van der Waals surface area contributed by atoms with E-state index in [-0.39, 0.29) is 17.7 Å². The normalized spacial score (nSPS) is 15.7. The number of hydrogen-bond acceptors (Lipinski definition) is 5. The lowest BCUT2D eigenvalue weighted by atomic mass is 9.96. The molecule has 0 N–H and O–H groups in total. The third-order valence-electron chi connectivity index (χ3n) is 4.46. The van der Waals surface area contributed by atoms with E-state index in [0.717, 1.165) is 18.7 Å². The zero-order valence-electron chi connectivity index (χ0n) is 14.2. The van der Waals surface area contributed by atoms with Gasteiger partial charge in [-0.1, -0.05) is 19.0 Å². The predicted molar refractivity (Wildman–Crippen MR) is 86.4 cm³/mol. The summed E-state index contributed by atoms with van der Waals surface area (Å²) in [5.41, 5.74) is 1.05. The SMILES string of the molecule is CC(C)c1noc(C2CCN(C(=O)c3cc(C#N)cn3C)CC2)n1. The summed E-state index contributed by atoms with van der Waals surface area (Å²) in [4.78, 5) is 18.9. The van der Waals surface area contributed by atoms with Crippen molar-refractivity contribution in [3.63, 3.8) is 0 Å². The Labute approximate surface area is 140 Å². The Morgan fingerprint density at radius 3 is 2.67 bits per heavy atom. The molecule has 0 spiro atoms. The van der Waals surface area contributed by atoms with Gasteiger partial charge in [0.25, 0.3) is 5.91 Å². The lowest BCUT2D eigenvalue weighted by Gasteiger charge is -2.30. The number of likely N-dealkylation sites (tertiary alicyclic amines) is 1. The predicted octanol–water partition coefficient (Wildman–Crippen LogP) is 2.42. The number of carbonyl (C=O) groups excluding carboxylic acids is 1. The highest BCUT2D eigenvalue weighted by molar-refractivity contribution is 5.93. The molecule has 0 unspecified atom stereocenters. The number of hydrogen-bond donors (Lipinski definition) is 0. The van der Waals surface area contributed by atoms with Crippen molar-refractivity contribution in [3.05, 3.63) is 35.2 Å². The number of piperidine rings is 1. The van der Waals surface area contributed by atoms with Crippen molar-refractivity contribution in [2.24, 2.45) is 7.05 Å². The average Bonchev–Trinajstić information content (AvgIpc) is 3.21. The van der Waals surface area contributed by atoms with Gasteiger partial charge in [-0.3, -0.25) is 4.79 Å². The summed E-state index contributed by atoms with van der Waals surface area (Å²) >= 11 is 0. The van der Waals surface area contributed by atoms with Crippen LogP contribution < -0.4 is 0 Å². The number of rotatable bonds is 3. The molecule has 1 fully saturated rings. The molecule has 0 aliphatic carbocycles. The van der Waals surface area contributed by atoms with Gasteiger partial charge in [0.05, 0.1) is 5.56 Å². The zero-order valence-corrected chi connectivity index (χ0v) is 14.2. The van der Waals surface area contributed by atoms with Crippen molar-refractivity contribution in [2.75, 3.05) is 13.1 Å². The molecule has 0 aromatic carbocycles. The Bertz CT molecular complexity index is 775. The Morgan fingerprint density at radius 1 is 1.42 bits per heavy atom. The highest BCUT2D eigenvalue weighted by Gasteiger charge is 2.29. The van der Waals surface area contributed by atoms with E-state index in [1.165, 1.54) is 0 Å². The summed E-state index contributed by atoms with van der Waals surface area (Å²) < 4.78 is 7.09. The van der Waals surface area contributed by atoms with E-state index >= 15 is 0 Å². The summed E-state index contributed by atoms with van der Waals surface area (Å²) in [7, 11) is 1.78. The fraction of sp³-hybridized carbons (Fsp3) is 0.529. The van der Waals surface area contributed by atoms with Crippen LogP contribution in [0.4, 0.5) is 0 Å². The first-order valence-electron chi connectivity index (χ1n) is 8.18. The van der Waals surface area contributed by atoms with E-state index in [9.17, 15) is 4.79 Å². The second-order valence-corrected chi connectivity index (χ2v) is 6.55. The Kier molecular flexibility index (Phi) is 4.38. The van der Waals surface area contributed by atoms with E-state index < -0.39 is 0 Å². The van der Waals surface area contributed by atoms with Crippen LogP contribution in [-0.2, 0) is 7.05 Å². The third kappa shape index (κ3) is 3.04. The van der Waals surface area contributed by atoms with Crippen LogP contribution in [0.1, 0.15) is 66.3 Å². The summed E-state index contributed by atoms with van der Waals surface area (Å²) in [5.74, 6) is 1.83. The first-order valence-corrected chi connectivity index (χ1v) is 8.18. The van der Waals surface area contributed by atoms with Crippen LogP contribution >= 0.6 is 0 Å². The van der Waals surface area contributed by atoms with Crippen LogP contribution in [0.25, 0.3) is 0 Å². The van der Waals surface area contributed by atoms with Crippen molar-refractivity contribution in [1.82, 2.24) is 19.6 Å². The molecular weight excluding hydrogens is 306 g/mol. The van der Waals surface area contributed by atoms with Crippen LogP contribution in [0.15, 0.2) is 16.8 Å². The maximum Gasteiger partial charge on any atom is 0.270 e. The molecular formula is C17H21N5O2. The molecule has 0 saturated carbocycles. The smallest absolute Gasteiger partial charge is 0.270 e. The van der Waals surface area contributed by atoms with Crippen LogP contribution in [0, 0.1) is 11.3 Å². The highest BCUT2D eigenvalue weighted by atomic mass is 16.5. The molecule has 1 aliphatic rings. The maximum absolute atomic E-state index is 12.6. The average molecular weight is 327 g/mol. The first kappa shape index (κ1) is 16.2. The number of carbonyl (C=O) groups is 1. The minimum Gasteiger partial charge on any atom is -0.345 e. The van der Waals surface area contributed by atoms with Crippen molar-refractivity contribution < 1.29 is 9.32 Å². The standard InChI is InChI=1S/C17H21N5O2/c1-11(2)15-19-16(24-20-15)13-4-6-22(7-5-13)17(23)14-8-12(9-18)10-21(14)3/h8,10-11,13H,4-7H2,1-3H3. The van der Waals surface area contributed by atoms with E-state index in [4.69, 9.17) is 9.78 Å². The Balaban J connectivity index is 1.65. The highest BCUT2D eigenvalue weighted by Crippen LogP contribution is 2.28. The molecule has 2 aromatic rings. The van der Waals surface area contributed by atoms with Gasteiger partial charge in [0, 0.05) is 38.2 Å². The third-order valence-corrected chi connectivity index (χ3v) is 4.46. The molecule has 7 nitrogen and oxygen atoms in total. The lowest BCUT2D eigenvalue weighted by molar-refractivity contribution is 0.0695. The van der Waals surface area contributed by atoms with E-state index in [2.05, 4.69) is 16.2 Å². The Morgan fingerprint density at radius 2 is 2.12 bits per heavy atom. The lowest BCUT2D eigenvalue weighted by Crippen LogP contribution is -2.38. The molecule has 3 heterocycles. The van der Waals surface area contributed by atoms with Crippen LogP contribution in [0.3, 0.4) is 0 Å². The molecule has 1 aliphatic heterocycles. The van der Waals surface area contributed by atoms with Gasteiger partial charge in [0.1, 0.15) is 11.8 Å². The number of nitrogens with zero attached hydrogens (tertiary/aromatic N) is 5. The van der Waals surface area contributed by atoms with Gasteiger partial charge in [0.2, 0.25) is 5.89 Å². The van der Waals surface area contributed by atoms with Crippen molar-refractivity contribution in [1.29, 1.82) is 5.26 Å². The van der Waals surface area contributed by atoms with Crippen molar-refractivity contribution >= 4 is 5.91 Å². The van der Waals surface area contributed by atoms with Crippen LogP contribution in [0.2, 0.25) is 0 Å².